The van der Waals surface area contributed by atoms with Gasteiger partial charge >= 0.3 is 5.97 Å². The maximum absolute atomic E-state index is 11.1. The molecule has 0 amide bonds. The predicted octanol–water partition coefficient (Wildman–Crippen LogP) is 2.32. The number of hydrogen-bond donors (Lipinski definition) is 2. The Morgan fingerprint density at radius 2 is 2.00 bits per heavy atom. The Morgan fingerprint density at radius 3 is 2.78 bits per heavy atom. The lowest BCUT2D eigenvalue weighted by molar-refractivity contribution is 0.0697. The van der Waals surface area contributed by atoms with Gasteiger partial charge in [0.25, 0.3) is 0 Å². The zero-order valence-corrected chi connectivity index (χ0v) is 9.29. The number of imidazole rings is 1. The van der Waals surface area contributed by atoms with Crippen LogP contribution < -0.4 is 0 Å². The Kier molecular flexibility index (Phi) is 2.30. The summed E-state index contributed by atoms with van der Waals surface area (Å²) in [6, 6.07) is 10.6. The van der Waals surface area contributed by atoms with Crippen LogP contribution in [0.2, 0.25) is 0 Å². The van der Waals surface area contributed by atoms with Crippen LogP contribution in [0.5, 0.6) is 0 Å². The number of fused-ring (bicyclic) bond motifs is 1. The van der Waals surface area contributed by atoms with Crippen molar-refractivity contribution >= 4 is 17.0 Å². The van der Waals surface area contributed by atoms with Crippen molar-refractivity contribution in [2.45, 2.75) is 0 Å². The van der Waals surface area contributed by atoms with Crippen LogP contribution in [0, 0.1) is 0 Å². The van der Waals surface area contributed by atoms with E-state index in [0.29, 0.717) is 11.5 Å². The first-order valence-electron chi connectivity index (χ1n) is 5.39. The lowest BCUT2D eigenvalue weighted by atomic mass is 10.2. The van der Waals surface area contributed by atoms with Gasteiger partial charge in [-0.3, -0.25) is 4.98 Å². The van der Waals surface area contributed by atoms with Gasteiger partial charge in [-0.2, -0.15) is 0 Å². The summed E-state index contributed by atoms with van der Waals surface area (Å²) in [5, 5.41) is 9.12. The molecular weight excluding hydrogens is 230 g/mol. The SMILES string of the molecule is O=C(O)c1cccnc1-c1nc2ccccc2[nH]1. The van der Waals surface area contributed by atoms with E-state index in [4.69, 9.17) is 5.11 Å². The molecule has 3 rings (SSSR count). The number of aromatic carboxylic acids is 1. The number of H-pyrrole nitrogens is 1. The number of hydrogen-bond acceptors (Lipinski definition) is 3. The molecule has 0 radical (unpaired) electrons. The molecule has 0 unspecified atom stereocenters. The van der Waals surface area contributed by atoms with E-state index in [2.05, 4.69) is 15.0 Å². The van der Waals surface area contributed by atoms with Crippen molar-refractivity contribution < 1.29 is 9.90 Å². The van der Waals surface area contributed by atoms with Crippen LogP contribution in [0.4, 0.5) is 0 Å². The predicted molar refractivity (Wildman–Crippen MR) is 66.3 cm³/mol. The average molecular weight is 239 g/mol. The quantitative estimate of drug-likeness (QED) is 0.719. The first kappa shape index (κ1) is 10.5. The number of aromatic nitrogens is 3. The molecule has 3 aromatic rings. The molecule has 88 valence electrons. The maximum Gasteiger partial charge on any atom is 0.338 e. The number of pyridine rings is 1. The highest BCUT2D eigenvalue weighted by molar-refractivity contribution is 5.94. The smallest absolute Gasteiger partial charge is 0.338 e. The fourth-order valence-corrected chi connectivity index (χ4v) is 1.83. The molecular formula is C13H9N3O2. The lowest BCUT2D eigenvalue weighted by Crippen LogP contribution is -2.01. The topological polar surface area (TPSA) is 78.9 Å². The molecule has 0 saturated heterocycles. The van der Waals surface area contributed by atoms with E-state index in [0.717, 1.165) is 11.0 Å². The van der Waals surface area contributed by atoms with Gasteiger partial charge in [-0.1, -0.05) is 12.1 Å². The molecule has 0 spiro atoms. The van der Waals surface area contributed by atoms with Gasteiger partial charge in [-0.05, 0) is 24.3 Å². The molecule has 5 heteroatoms. The zero-order chi connectivity index (χ0) is 12.5. The highest BCUT2D eigenvalue weighted by Gasteiger charge is 2.15. The molecule has 0 aliphatic heterocycles. The second-order valence-corrected chi connectivity index (χ2v) is 3.81. The second kappa shape index (κ2) is 3.96. The first-order valence-corrected chi connectivity index (χ1v) is 5.39. The Morgan fingerprint density at radius 1 is 1.17 bits per heavy atom. The van der Waals surface area contributed by atoms with Crippen molar-refractivity contribution in [3.63, 3.8) is 0 Å². The van der Waals surface area contributed by atoms with Gasteiger partial charge < -0.3 is 10.1 Å². The van der Waals surface area contributed by atoms with Gasteiger partial charge in [0.2, 0.25) is 0 Å². The normalized spacial score (nSPS) is 10.7. The molecule has 1 aromatic carbocycles. The monoisotopic (exact) mass is 239 g/mol. The number of benzene rings is 1. The van der Waals surface area contributed by atoms with Gasteiger partial charge in [0.15, 0.2) is 5.82 Å². The van der Waals surface area contributed by atoms with Crippen LogP contribution in [-0.4, -0.2) is 26.0 Å². The van der Waals surface area contributed by atoms with Gasteiger partial charge in [0.1, 0.15) is 5.69 Å². The van der Waals surface area contributed by atoms with Crippen LogP contribution in [0.25, 0.3) is 22.6 Å². The third kappa shape index (κ3) is 1.62. The van der Waals surface area contributed by atoms with Gasteiger partial charge in [0, 0.05) is 6.20 Å². The third-order valence-corrected chi connectivity index (χ3v) is 2.65. The number of para-hydroxylation sites is 2. The van der Waals surface area contributed by atoms with Crippen LogP contribution >= 0.6 is 0 Å². The second-order valence-electron chi connectivity index (χ2n) is 3.81. The van der Waals surface area contributed by atoms with Crippen molar-refractivity contribution in [1.29, 1.82) is 0 Å². The largest absolute Gasteiger partial charge is 0.478 e. The van der Waals surface area contributed by atoms with Crippen molar-refractivity contribution in [2.24, 2.45) is 0 Å². The Hall–Kier alpha value is -2.69. The highest BCUT2D eigenvalue weighted by Crippen LogP contribution is 2.21. The molecule has 0 aliphatic carbocycles. The van der Waals surface area contributed by atoms with Crippen molar-refractivity contribution in [3.05, 3.63) is 48.2 Å². The van der Waals surface area contributed by atoms with Crippen molar-refractivity contribution in [1.82, 2.24) is 15.0 Å². The maximum atomic E-state index is 11.1. The Labute approximate surface area is 102 Å². The Bertz CT molecular complexity index is 701. The molecule has 0 aliphatic rings. The molecule has 0 fully saturated rings. The lowest BCUT2D eigenvalue weighted by Gasteiger charge is -2.00. The van der Waals surface area contributed by atoms with E-state index in [-0.39, 0.29) is 5.56 Å². The molecule has 18 heavy (non-hydrogen) atoms. The number of rotatable bonds is 2. The van der Waals surface area contributed by atoms with Gasteiger partial charge in [0.05, 0.1) is 16.6 Å². The summed E-state index contributed by atoms with van der Waals surface area (Å²) in [5.74, 6) is -0.548. The summed E-state index contributed by atoms with van der Waals surface area (Å²) in [6.07, 6.45) is 1.55. The molecule has 0 saturated carbocycles. The average Bonchev–Trinajstić information content (AvgIpc) is 2.82. The molecule has 0 atom stereocenters. The van der Waals surface area contributed by atoms with E-state index in [1.54, 1.807) is 12.3 Å². The van der Waals surface area contributed by atoms with E-state index < -0.39 is 5.97 Å². The molecule has 2 N–H and O–H groups in total. The van der Waals surface area contributed by atoms with Crippen LogP contribution in [-0.2, 0) is 0 Å². The summed E-state index contributed by atoms with van der Waals surface area (Å²) in [7, 11) is 0. The van der Waals surface area contributed by atoms with Crippen LogP contribution in [0.1, 0.15) is 10.4 Å². The number of nitrogens with one attached hydrogen (secondary N) is 1. The van der Waals surface area contributed by atoms with Crippen LogP contribution in [0.3, 0.4) is 0 Å². The molecule has 5 nitrogen and oxygen atoms in total. The van der Waals surface area contributed by atoms with Gasteiger partial charge in [-0.25, -0.2) is 9.78 Å². The minimum absolute atomic E-state index is 0.136. The fourth-order valence-electron chi connectivity index (χ4n) is 1.83. The first-order chi connectivity index (χ1) is 8.75. The standard InChI is InChI=1S/C13H9N3O2/c17-13(18)8-4-3-7-14-11(8)12-15-9-5-1-2-6-10(9)16-12/h1-7H,(H,15,16)(H,17,18). The molecule has 2 aromatic heterocycles. The fraction of sp³-hybridized carbons (Fsp3) is 0. The minimum Gasteiger partial charge on any atom is -0.478 e. The summed E-state index contributed by atoms with van der Waals surface area (Å²) >= 11 is 0. The molecule has 0 bridgehead atoms. The van der Waals surface area contributed by atoms with Crippen molar-refractivity contribution in [3.8, 4) is 11.5 Å². The van der Waals surface area contributed by atoms with Gasteiger partial charge in [-0.15, -0.1) is 0 Å². The number of aromatic amines is 1. The number of carbonyl (C=O) groups is 1. The minimum atomic E-state index is -1.02. The Balaban J connectivity index is 2.23. The number of carboxylic acids is 1. The number of nitrogens with zero attached hydrogens (tertiary/aromatic N) is 2. The number of carboxylic acid groups (broad SMARTS) is 1. The van der Waals surface area contributed by atoms with E-state index in [1.165, 1.54) is 6.07 Å². The van der Waals surface area contributed by atoms with E-state index >= 15 is 0 Å². The summed E-state index contributed by atoms with van der Waals surface area (Å²) in [4.78, 5) is 22.6. The van der Waals surface area contributed by atoms with Crippen LogP contribution in [0.15, 0.2) is 42.6 Å². The summed E-state index contributed by atoms with van der Waals surface area (Å²) in [6.45, 7) is 0. The summed E-state index contributed by atoms with van der Waals surface area (Å²) in [5.41, 5.74) is 2.13. The highest BCUT2D eigenvalue weighted by atomic mass is 16.4. The van der Waals surface area contributed by atoms with E-state index in [1.807, 2.05) is 24.3 Å². The van der Waals surface area contributed by atoms with E-state index in [9.17, 15) is 4.79 Å². The summed E-state index contributed by atoms with van der Waals surface area (Å²) < 4.78 is 0. The van der Waals surface area contributed by atoms with Crippen molar-refractivity contribution in [2.75, 3.05) is 0 Å². The zero-order valence-electron chi connectivity index (χ0n) is 9.29. The molecule has 2 heterocycles. The third-order valence-electron chi connectivity index (χ3n) is 2.65.